The predicted molar refractivity (Wildman–Crippen MR) is 120 cm³/mol. The lowest BCUT2D eigenvalue weighted by molar-refractivity contribution is -0.114. The molecule has 0 aromatic heterocycles. The molecule has 3 N–H and O–H groups in total. The molecule has 0 atom stereocenters. The number of hydrogen-bond donors (Lipinski definition) is 3. The number of phenols is 1. The van der Waals surface area contributed by atoms with Gasteiger partial charge in [-0.3, -0.25) is 4.79 Å². The maximum Gasteiger partial charge on any atom is 0.221 e. The van der Waals surface area contributed by atoms with Crippen LogP contribution in [0.25, 0.3) is 10.8 Å². The summed E-state index contributed by atoms with van der Waals surface area (Å²) < 4.78 is 0. The van der Waals surface area contributed by atoms with Gasteiger partial charge in [-0.15, -0.1) is 5.11 Å². The van der Waals surface area contributed by atoms with Gasteiger partial charge in [0.15, 0.2) is 5.75 Å². The average molecular weight is 396 g/mol. The lowest BCUT2D eigenvalue weighted by Gasteiger charge is -2.15. The Morgan fingerprint density at radius 1 is 0.800 bits per heavy atom. The van der Waals surface area contributed by atoms with Crippen LogP contribution in [0.2, 0.25) is 0 Å². The van der Waals surface area contributed by atoms with Gasteiger partial charge < -0.3 is 15.7 Å². The molecule has 4 rings (SSSR count). The van der Waals surface area contributed by atoms with Crippen LogP contribution < -0.4 is 10.6 Å². The lowest BCUT2D eigenvalue weighted by Crippen LogP contribution is -2.06. The molecule has 1 amide bonds. The Balaban J connectivity index is 1.82. The van der Waals surface area contributed by atoms with Crippen LogP contribution in [-0.2, 0) is 4.79 Å². The summed E-state index contributed by atoms with van der Waals surface area (Å²) in [5.41, 5.74) is 3.21. The van der Waals surface area contributed by atoms with E-state index in [4.69, 9.17) is 0 Å². The minimum absolute atomic E-state index is 0.0485. The van der Waals surface area contributed by atoms with Crippen LogP contribution in [0, 0.1) is 0 Å². The molecule has 4 aromatic carbocycles. The Labute approximate surface area is 173 Å². The van der Waals surface area contributed by atoms with E-state index in [0.29, 0.717) is 22.4 Å². The number of benzene rings is 4. The zero-order valence-electron chi connectivity index (χ0n) is 16.3. The van der Waals surface area contributed by atoms with Gasteiger partial charge in [-0.2, -0.15) is 5.11 Å². The Hall–Kier alpha value is -4.19. The number of anilines is 3. The molecular weight excluding hydrogens is 376 g/mol. The molecule has 0 aliphatic carbocycles. The first-order chi connectivity index (χ1) is 14.6. The number of hydrogen-bond acceptors (Lipinski definition) is 5. The Morgan fingerprint density at radius 3 is 2.17 bits per heavy atom. The van der Waals surface area contributed by atoms with Gasteiger partial charge in [-0.25, -0.2) is 0 Å². The van der Waals surface area contributed by atoms with Crippen molar-refractivity contribution in [2.24, 2.45) is 10.2 Å². The Morgan fingerprint density at radius 2 is 1.47 bits per heavy atom. The van der Waals surface area contributed by atoms with E-state index < -0.39 is 0 Å². The van der Waals surface area contributed by atoms with Crippen LogP contribution >= 0.6 is 0 Å². The first-order valence-electron chi connectivity index (χ1n) is 9.47. The monoisotopic (exact) mass is 396 g/mol. The van der Waals surface area contributed by atoms with Gasteiger partial charge in [0.05, 0.1) is 16.8 Å². The van der Waals surface area contributed by atoms with Crippen molar-refractivity contribution in [3.63, 3.8) is 0 Å². The van der Waals surface area contributed by atoms with Crippen molar-refractivity contribution < 1.29 is 9.90 Å². The number of amides is 1. The minimum atomic E-state index is -0.226. The largest absolute Gasteiger partial charge is 0.505 e. The normalized spacial score (nSPS) is 11.0. The molecule has 6 nitrogen and oxygen atoms in total. The number of fused-ring (bicyclic) bond motifs is 1. The second-order valence-corrected chi connectivity index (χ2v) is 6.72. The number of aromatic hydroxyl groups is 1. The van der Waals surface area contributed by atoms with Crippen molar-refractivity contribution in [1.29, 1.82) is 0 Å². The Kier molecular flexibility index (Phi) is 5.39. The molecule has 0 heterocycles. The van der Waals surface area contributed by atoms with Crippen LogP contribution in [0.3, 0.4) is 0 Å². The molecule has 30 heavy (non-hydrogen) atoms. The molecule has 0 fully saturated rings. The highest BCUT2D eigenvalue weighted by Crippen LogP contribution is 2.43. The third-order valence-electron chi connectivity index (χ3n) is 4.53. The van der Waals surface area contributed by atoms with Gasteiger partial charge >= 0.3 is 0 Å². The number of nitrogens with zero attached hydrogens (tertiary/aromatic N) is 2. The minimum Gasteiger partial charge on any atom is -0.505 e. The summed E-state index contributed by atoms with van der Waals surface area (Å²) in [4.78, 5) is 11.7. The number of phenolic OH excluding ortho intramolecular Hbond substituents is 1. The fraction of sp³-hybridized carbons (Fsp3) is 0.0417. The maximum absolute atomic E-state index is 11.7. The van der Waals surface area contributed by atoms with E-state index in [1.165, 1.54) is 6.92 Å². The van der Waals surface area contributed by atoms with E-state index in [2.05, 4.69) is 20.9 Å². The third-order valence-corrected chi connectivity index (χ3v) is 4.53. The quantitative estimate of drug-likeness (QED) is 0.330. The molecular formula is C24H20N4O2. The molecule has 0 saturated heterocycles. The summed E-state index contributed by atoms with van der Waals surface area (Å²) in [5.74, 6) is -0.275. The molecule has 0 spiro atoms. The molecule has 0 unspecified atom stereocenters. The van der Waals surface area contributed by atoms with Crippen LogP contribution in [-0.4, -0.2) is 11.0 Å². The van der Waals surface area contributed by atoms with E-state index >= 15 is 0 Å². The highest BCUT2D eigenvalue weighted by atomic mass is 16.3. The van der Waals surface area contributed by atoms with Crippen molar-refractivity contribution in [3.8, 4) is 5.75 Å². The van der Waals surface area contributed by atoms with Crippen LogP contribution in [0.4, 0.5) is 28.4 Å². The van der Waals surface area contributed by atoms with Crippen molar-refractivity contribution in [2.45, 2.75) is 6.92 Å². The standard InChI is InChI=1S/C24H20N4O2/c1-16(29)25-21-15-14-20(26-17-8-4-2-5-9-17)19-12-13-22(24(30)23(19)21)28-27-18-10-6-3-7-11-18/h2-15,26,30H,1H3,(H,25,29). The number of nitrogens with one attached hydrogen (secondary N) is 2. The highest BCUT2D eigenvalue weighted by molar-refractivity contribution is 6.11. The van der Waals surface area contributed by atoms with Gasteiger partial charge in [-0.05, 0) is 48.5 Å². The van der Waals surface area contributed by atoms with Crippen LogP contribution in [0.1, 0.15) is 6.92 Å². The second-order valence-electron chi connectivity index (χ2n) is 6.72. The van der Waals surface area contributed by atoms with E-state index in [1.807, 2.05) is 72.8 Å². The molecule has 0 aliphatic heterocycles. The summed E-state index contributed by atoms with van der Waals surface area (Å²) in [5, 5.41) is 26.8. The maximum atomic E-state index is 11.7. The second kappa shape index (κ2) is 8.45. The molecule has 6 heteroatoms. The number of azo groups is 1. The van der Waals surface area contributed by atoms with Gasteiger partial charge in [0.25, 0.3) is 0 Å². The fourth-order valence-corrected chi connectivity index (χ4v) is 3.18. The van der Waals surface area contributed by atoms with E-state index in [0.717, 1.165) is 16.8 Å². The van der Waals surface area contributed by atoms with Gasteiger partial charge in [0.2, 0.25) is 5.91 Å². The molecule has 0 aliphatic rings. The van der Waals surface area contributed by atoms with Crippen LogP contribution in [0.15, 0.2) is 95.2 Å². The topological polar surface area (TPSA) is 86.1 Å². The first kappa shape index (κ1) is 19.1. The van der Waals surface area contributed by atoms with Crippen molar-refractivity contribution in [1.82, 2.24) is 0 Å². The van der Waals surface area contributed by atoms with E-state index in [-0.39, 0.29) is 11.7 Å². The fourth-order valence-electron chi connectivity index (χ4n) is 3.18. The summed E-state index contributed by atoms with van der Waals surface area (Å²) >= 11 is 0. The SMILES string of the molecule is CC(=O)Nc1ccc(Nc2ccccc2)c2ccc(N=Nc3ccccc3)c(O)c12. The smallest absolute Gasteiger partial charge is 0.221 e. The van der Waals surface area contributed by atoms with Crippen LogP contribution in [0.5, 0.6) is 5.75 Å². The molecule has 0 saturated carbocycles. The summed E-state index contributed by atoms with van der Waals surface area (Å²) in [6, 6.07) is 26.2. The van der Waals surface area contributed by atoms with Gasteiger partial charge in [-0.1, -0.05) is 36.4 Å². The van der Waals surface area contributed by atoms with Crippen molar-refractivity contribution in [2.75, 3.05) is 10.6 Å². The van der Waals surface area contributed by atoms with Crippen molar-refractivity contribution >= 4 is 45.1 Å². The summed E-state index contributed by atoms with van der Waals surface area (Å²) in [6.07, 6.45) is 0. The number of carbonyl (C=O) groups is 1. The molecule has 4 aromatic rings. The van der Waals surface area contributed by atoms with Gasteiger partial charge in [0, 0.05) is 23.7 Å². The van der Waals surface area contributed by atoms with Gasteiger partial charge in [0.1, 0.15) is 5.69 Å². The third kappa shape index (κ3) is 4.12. The molecule has 148 valence electrons. The molecule has 0 radical (unpaired) electrons. The number of rotatable bonds is 5. The number of para-hydroxylation sites is 1. The van der Waals surface area contributed by atoms with E-state index in [1.54, 1.807) is 12.1 Å². The number of carbonyl (C=O) groups excluding carboxylic acids is 1. The Bertz CT molecular complexity index is 1220. The highest BCUT2D eigenvalue weighted by Gasteiger charge is 2.15. The lowest BCUT2D eigenvalue weighted by atomic mass is 10.0. The molecule has 0 bridgehead atoms. The zero-order chi connectivity index (χ0) is 20.9. The first-order valence-corrected chi connectivity index (χ1v) is 9.47. The predicted octanol–water partition coefficient (Wildman–Crippen LogP) is 6.66. The average Bonchev–Trinajstić information content (AvgIpc) is 2.76. The zero-order valence-corrected chi connectivity index (χ0v) is 16.3. The van der Waals surface area contributed by atoms with Crippen molar-refractivity contribution in [3.05, 3.63) is 84.9 Å². The summed E-state index contributed by atoms with van der Waals surface area (Å²) in [7, 11) is 0. The van der Waals surface area contributed by atoms with E-state index in [9.17, 15) is 9.90 Å². The summed E-state index contributed by atoms with van der Waals surface area (Å²) in [6.45, 7) is 1.43.